The van der Waals surface area contributed by atoms with Gasteiger partial charge in [0, 0.05) is 36.6 Å². The van der Waals surface area contributed by atoms with Crippen molar-refractivity contribution in [3.05, 3.63) is 70.8 Å². The van der Waals surface area contributed by atoms with E-state index in [0.29, 0.717) is 31.0 Å². The fourth-order valence-corrected chi connectivity index (χ4v) is 6.48. The second-order valence-electron chi connectivity index (χ2n) is 12.1. The summed E-state index contributed by atoms with van der Waals surface area (Å²) in [6, 6.07) is 11.9. The number of rotatable bonds is 15. The molecule has 11 heteroatoms. The number of ether oxygens (including phenoxy) is 1. The summed E-state index contributed by atoms with van der Waals surface area (Å²) in [6.07, 6.45) is 12.5. The predicted octanol–water partition coefficient (Wildman–Crippen LogP) is 5.45. The number of aliphatic hydroxyl groups excluding tert-OH is 1. The number of hydrogen-bond acceptors (Lipinski definition) is 9. The maximum absolute atomic E-state index is 14.0. The number of benzene rings is 2. The molecule has 0 saturated carbocycles. The first-order valence-corrected chi connectivity index (χ1v) is 16.4. The number of amides is 2. The number of nitrogens with one attached hydrogen (secondary N) is 1. The van der Waals surface area contributed by atoms with Gasteiger partial charge in [0.1, 0.15) is 6.04 Å². The number of anilines is 3. The van der Waals surface area contributed by atoms with Crippen LogP contribution < -0.4 is 15.2 Å². The minimum absolute atomic E-state index is 0.0536. The topological polar surface area (TPSA) is 128 Å². The normalized spacial score (nSPS) is 22.5. The Morgan fingerprint density at radius 3 is 2.16 bits per heavy atom. The van der Waals surface area contributed by atoms with Gasteiger partial charge >= 0.3 is 0 Å². The van der Waals surface area contributed by atoms with E-state index in [4.69, 9.17) is 4.74 Å². The molecule has 2 amide bonds. The van der Waals surface area contributed by atoms with E-state index >= 15 is 0 Å². The van der Waals surface area contributed by atoms with Crippen molar-refractivity contribution in [2.24, 2.45) is 5.92 Å². The monoisotopic (exact) mass is 619 g/mol. The van der Waals surface area contributed by atoms with Crippen LogP contribution in [0.4, 0.5) is 22.7 Å². The first kappa shape index (κ1) is 32.6. The highest BCUT2D eigenvalue weighted by molar-refractivity contribution is 6.24. The second-order valence-corrected chi connectivity index (χ2v) is 12.1. The number of morpholine rings is 1. The number of unbranched alkanes of at least 4 members (excludes halogenated alkanes) is 7. The van der Waals surface area contributed by atoms with Crippen molar-refractivity contribution >= 4 is 34.6 Å². The van der Waals surface area contributed by atoms with E-state index < -0.39 is 29.0 Å². The van der Waals surface area contributed by atoms with Gasteiger partial charge in [0.2, 0.25) is 5.91 Å². The van der Waals surface area contributed by atoms with E-state index in [9.17, 15) is 24.8 Å². The van der Waals surface area contributed by atoms with Crippen LogP contribution in [-0.4, -0.2) is 71.3 Å². The molecule has 11 nitrogen and oxygen atoms in total. The fraction of sp³-hybridized carbons (Fsp3) is 0.529. The third kappa shape index (κ3) is 7.71. The van der Waals surface area contributed by atoms with Crippen LogP contribution in [0.25, 0.3) is 0 Å². The Kier molecular flexibility index (Phi) is 11.2. The molecule has 0 bridgehead atoms. The highest BCUT2D eigenvalue weighted by Gasteiger charge is 2.54. The van der Waals surface area contributed by atoms with Gasteiger partial charge < -0.3 is 20.2 Å². The Hall–Kier alpha value is -3.80. The molecule has 3 heterocycles. The molecule has 4 atom stereocenters. The van der Waals surface area contributed by atoms with Crippen LogP contribution in [0.2, 0.25) is 0 Å². The van der Waals surface area contributed by atoms with Crippen LogP contribution in [0.1, 0.15) is 64.7 Å². The van der Waals surface area contributed by atoms with Gasteiger partial charge in [-0.15, -0.1) is 0 Å². The summed E-state index contributed by atoms with van der Waals surface area (Å²) in [5.74, 6) is -1.45. The van der Waals surface area contributed by atoms with Crippen molar-refractivity contribution in [3.8, 4) is 0 Å². The highest BCUT2D eigenvalue weighted by Crippen LogP contribution is 2.37. The first-order valence-electron chi connectivity index (χ1n) is 16.4. The molecule has 0 spiro atoms. The number of non-ortho nitro benzene ring substituents is 1. The number of carbonyl (C=O) groups excluding carboxylic acids is 2. The molecule has 2 aromatic carbocycles. The summed E-state index contributed by atoms with van der Waals surface area (Å²) in [5, 5.41) is 24.2. The van der Waals surface area contributed by atoms with Crippen LogP contribution >= 0.6 is 0 Å². The summed E-state index contributed by atoms with van der Waals surface area (Å²) in [6.45, 7) is 5.08. The average molecular weight is 620 g/mol. The van der Waals surface area contributed by atoms with Gasteiger partial charge in [-0.1, -0.05) is 70.4 Å². The third-order valence-electron chi connectivity index (χ3n) is 9.02. The number of fused-ring (bicyclic) bond motifs is 1. The zero-order valence-corrected chi connectivity index (χ0v) is 26.1. The summed E-state index contributed by atoms with van der Waals surface area (Å²) in [4.78, 5) is 41.9. The number of hydrazine groups is 1. The Morgan fingerprint density at radius 2 is 1.51 bits per heavy atom. The number of nitro benzene ring substituents is 1. The molecule has 2 unspecified atom stereocenters. The van der Waals surface area contributed by atoms with Gasteiger partial charge in [-0.25, -0.2) is 9.91 Å². The summed E-state index contributed by atoms with van der Waals surface area (Å²) >= 11 is 0. The SMILES string of the molecule is CCCCCCCCCC[C@H](O)C1C=CC2C(=O)N(c3ccc(N4CCOCC4)cc3)C(=O)[C@H]2N1Nc1ccc([N+](=O)[O-])cc1. The molecule has 242 valence electrons. The molecule has 2 fully saturated rings. The smallest absolute Gasteiger partial charge is 0.269 e. The van der Waals surface area contributed by atoms with Crippen molar-refractivity contribution in [3.63, 3.8) is 0 Å². The summed E-state index contributed by atoms with van der Waals surface area (Å²) in [5.41, 5.74) is 5.20. The van der Waals surface area contributed by atoms with Crippen LogP contribution in [-0.2, 0) is 14.3 Å². The minimum Gasteiger partial charge on any atom is -0.391 e. The molecule has 0 aromatic heterocycles. The van der Waals surface area contributed by atoms with Gasteiger partial charge in [-0.2, -0.15) is 0 Å². The van der Waals surface area contributed by atoms with Crippen molar-refractivity contribution in [2.75, 3.05) is 41.5 Å². The fourth-order valence-electron chi connectivity index (χ4n) is 6.48. The minimum atomic E-state index is -0.894. The lowest BCUT2D eigenvalue weighted by Gasteiger charge is -2.40. The summed E-state index contributed by atoms with van der Waals surface area (Å²) in [7, 11) is 0. The number of imide groups is 1. The van der Waals surface area contributed by atoms with E-state index in [0.717, 1.165) is 38.0 Å². The van der Waals surface area contributed by atoms with Crippen molar-refractivity contribution in [1.82, 2.24) is 5.01 Å². The zero-order chi connectivity index (χ0) is 31.8. The van der Waals surface area contributed by atoms with Gasteiger partial charge in [-0.05, 0) is 42.8 Å². The predicted molar refractivity (Wildman–Crippen MR) is 174 cm³/mol. The Morgan fingerprint density at radius 1 is 0.889 bits per heavy atom. The van der Waals surface area contributed by atoms with Gasteiger partial charge in [-0.3, -0.25) is 19.7 Å². The van der Waals surface area contributed by atoms with Crippen molar-refractivity contribution in [2.45, 2.75) is 82.9 Å². The number of aliphatic hydroxyl groups is 1. The van der Waals surface area contributed by atoms with E-state index in [2.05, 4.69) is 17.2 Å². The molecule has 0 radical (unpaired) electrons. The molecule has 2 aromatic rings. The standard InChI is InChI=1S/C34H45N5O6/c1-2-3-4-5-6-7-8-9-10-31(40)30-20-19-29-32(38(30)35-25-11-13-28(14-12-25)39(43)44)34(42)37(33(29)41)27-17-15-26(16-18-27)36-21-23-45-24-22-36/h11-20,29-32,35,40H,2-10,21-24H2,1H3/t29?,30?,31-,32-/m0/s1. The number of carbonyl (C=O) groups is 2. The number of nitro groups is 1. The van der Waals surface area contributed by atoms with Gasteiger partial charge in [0.05, 0.1) is 41.9 Å². The van der Waals surface area contributed by atoms with E-state index in [1.807, 2.05) is 18.2 Å². The molecular formula is C34H45N5O6. The largest absolute Gasteiger partial charge is 0.391 e. The average Bonchev–Trinajstić information content (AvgIpc) is 3.32. The molecule has 2 saturated heterocycles. The molecule has 3 aliphatic heterocycles. The van der Waals surface area contributed by atoms with Crippen LogP contribution in [0.3, 0.4) is 0 Å². The highest BCUT2D eigenvalue weighted by atomic mass is 16.6. The quantitative estimate of drug-likeness (QED) is 0.0879. The van der Waals surface area contributed by atoms with E-state index in [1.165, 1.54) is 49.1 Å². The van der Waals surface area contributed by atoms with Crippen LogP contribution in [0.5, 0.6) is 0 Å². The molecule has 5 rings (SSSR count). The molecule has 45 heavy (non-hydrogen) atoms. The van der Waals surface area contributed by atoms with Crippen molar-refractivity contribution in [1.29, 1.82) is 0 Å². The molecule has 3 aliphatic rings. The summed E-state index contributed by atoms with van der Waals surface area (Å²) < 4.78 is 5.45. The maximum atomic E-state index is 14.0. The van der Waals surface area contributed by atoms with Crippen molar-refractivity contribution < 1.29 is 24.4 Å². The Bertz CT molecular complexity index is 1330. The lowest BCUT2D eigenvalue weighted by molar-refractivity contribution is -0.384. The Labute approximate surface area is 264 Å². The third-order valence-corrected chi connectivity index (χ3v) is 9.02. The van der Waals surface area contributed by atoms with Gasteiger partial charge in [0.25, 0.3) is 11.6 Å². The lowest BCUT2D eigenvalue weighted by Crippen LogP contribution is -2.57. The zero-order valence-electron chi connectivity index (χ0n) is 26.1. The number of nitrogens with zero attached hydrogens (tertiary/aromatic N) is 4. The second kappa shape index (κ2) is 15.5. The van der Waals surface area contributed by atoms with Crippen LogP contribution in [0, 0.1) is 16.0 Å². The maximum Gasteiger partial charge on any atom is 0.269 e. The van der Waals surface area contributed by atoms with E-state index in [-0.39, 0.29) is 17.5 Å². The van der Waals surface area contributed by atoms with Gasteiger partial charge in [0.15, 0.2) is 0 Å². The first-order chi connectivity index (χ1) is 21.9. The van der Waals surface area contributed by atoms with E-state index in [1.54, 1.807) is 35.4 Å². The lowest BCUT2D eigenvalue weighted by atomic mass is 9.91. The molecule has 0 aliphatic carbocycles. The van der Waals surface area contributed by atoms with Crippen LogP contribution in [0.15, 0.2) is 60.7 Å². The Balaban J connectivity index is 1.32. The molecule has 2 N–H and O–H groups in total. The molecular weight excluding hydrogens is 574 g/mol. The number of hydrogen-bond donors (Lipinski definition) is 2.